The van der Waals surface area contributed by atoms with E-state index in [4.69, 9.17) is 0 Å². The Kier molecular flexibility index (Phi) is 7.90. The van der Waals surface area contributed by atoms with Gasteiger partial charge in [-0.3, -0.25) is 9.59 Å². The van der Waals surface area contributed by atoms with Crippen LogP contribution in [0.1, 0.15) is 60.4 Å². The second-order valence-corrected chi connectivity index (χ2v) is 7.69. The van der Waals surface area contributed by atoms with Crippen LogP contribution in [-0.2, 0) is 4.79 Å². The zero-order chi connectivity index (χ0) is 20.0. The van der Waals surface area contributed by atoms with Crippen LogP contribution in [0.5, 0.6) is 0 Å². The van der Waals surface area contributed by atoms with E-state index in [1.54, 1.807) is 0 Å². The average Bonchev–Trinajstić information content (AvgIpc) is 2.92. The van der Waals surface area contributed by atoms with Crippen LogP contribution in [-0.4, -0.2) is 65.9 Å². The van der Waals surface area contributed by atoms with E-state index in [-0.39, 0.29) is 11.8 Å². The molecule has 2 heterocycles. The Morgan fingerprint density at radius 2 is 1.74 bits per heavy atom. The van der Waals surface area contributed by atoms with Gasteiger partial charge in [-0.1, -0.05) is 13.8 Å². The van der Waals surface area contributed by atoms with Gasteiger partial charge in [-0.2, -0.15) is 0 Å². The summed E-state index contributed by atoms with van der Waals surface area (Å²) in [5.41, 5.74) is 3.99. The summed E-state index contributed by atoms with van der Waals surface area (Å²) >= 11 is 0. The van der Waals surface area contributed by atoms with Gasteiger partial charge in [0.05, 0.1) is 0 Å². The third-order valence-electron chi connectivity index (χ3n) is 6.05. The third kappa shape index (κ3) is 5.58. The van der Waals surface area contributed by atoms with E-state index in [1.165, 1.54) is 0 Å². The van der Waals surface area contributed by atoms with Gasteiger partial charge in [0.25, 0.3) is 5.91 Å². The number of piperidine rings is 1. The van der Waals surface area contributed by atoms with Gasteiger partial charge in [0.1, 0.15) is 5.69 Å². The molecule has 27 heavy (non-hydrogen) atoms. The quantitative estimate of drug-likeness (QED) is 0.733. The Bertz CT molecular complexity index is 641. The van der Waals surface area contributed by atoms with Crippen LogP contribution in [0.4, 0.5) is 0 Å². The highest BCUT2D eigenvalue weighted by Crippen LogP contribution is 2.24. The van der Waals surface area contributed by atoms with Crippen molar-refractivity contribution in [1.82, 2.24) is 20.1 Å². The maximum absolute atomic E-state index is 12.8. The van der Waals surface area contributed by atoms with Crippen molar-refractivity contribution in [1.29, 1.82) is 0 Å². The summed E-state index contributed by atoms with van der Waals surface area (Å²) in [4.78, 5) is 32.4. The number of nitrogens with one attached hydrogen (secondary N) is 2. The SMILES string of the molecule is CCN(CC)CCNC(=O)CC1CCN(C(=O)c2[nH]c(C)c(C)c2C)CC1. The van der Waals surface area contributed by atoms with Gasteiger partial charge in [-0.05, 0) is 63.7 Å². The summed E-state index contributed by atoms with van der Waals surface area (Å²) in [5, 5.41) is 3.04. The smallest absolute Gasteiger partial charge is 0.270 e. The van der Waals surface area contributed by atoms with Crippen LogP contribution in [0.25, 0.3) is 0 Å². The molecule has 0 bridgehead atoms. The molecule has 152 valence electrons. The highest BCUT2D eigenvalue weighted by atomic mass is 16.2. The van der Waals surface area contributed by atoms with Gasteiger partial charge in [0, 0.05) is 38.3 Å². The highest BCUT2D eigenvalue weighted by Gasteiger charge is 2.27. The van der Waals surface area contributed by atoms with E-state index < -0.39 is 0 Å². The Hall–Kier alpha value is -1.82. The second-order valence-electron chi connectivity index (χ2n) is 7.69. The van der Waals surface area contributed by atoms with Crippen molar-refractivity contribution in [2.75, 3.05) is 39.3 Å². The zero-order valence-electron chi connectivity index (χ0n) is 17.7. The van der Waals surface area contributed by atoms with Crippen LogP contribution >= 0.6 is 0 Å². The summed E-state index contributed by atoms with van der Waals surface area (Å²) < 4.78 is 0. The first-order valence-corrected chi connectivity index (χ1v) is 10.3. The minimum absolute atomic E-state index is 0.0887. The molecule has 0 unspecified atom stereocenters. The van der Waals surface area contributed by atoms with Crippen molar-refractivity contribution in [3.05, 3.63) is 22.5 Å². The molecule has 2 rings (SSSR count). The maximum atomic E-state index is 12.8. The number of H-pyrrole nitrogens is 1. The van der Waals surface area contributed by atoms with Crippen molar-refractivity contribution < 1.29 is 9.59 Å². The van der Waals surface area contributed by atoms with Crippen LogP contribution < -0.4 is 5.32 Å². The molecular formula is C21H36N4O2. The number of nitrogens with zero attached hydrogens (tertiary/aromatic N) is 2. The number of aryl methyl sites for hydroxylation is 1. The van der Waals surface area contributed by atoms with E-state index in [0.29, 0.717) is 18.9 Å². The monoisotopic (exact) mass is 376 g/mol. The minimum Gasteiger partial charge on any atom is -0.355 e. The largest absolute Gasteiger partial charge is 0.355 e. The molecule has 0 radical (unpaired) electrons. The number of carbonyl (C=O) groups is 2. The molecular weight excluding hydrogens is 340 g/mol. The molecule has 2 N–H and O–H groups in total. The van der Waals surface area contributed by atoms with Gasteiger partial charge < -0.3 is 20.1 Å². The van der Waals surface area contributed by atoms with Gasteiger partial charge >= 0.3 is 0 Å². The Morgan fingerprint density at radius 3 is 2.26 bits per heavy atom. The number of aromatic nitrogens is 1. The van der Waals surface area contributed by atoms with Crippen molar-refractivity contribution in [2.45, 2.75) is 53.9 Å². The molecule has 1 aliphatic heterocycles. The second kappa shape index (κ2) is 9.93. The normalized spacial score (nSPS) is 15.4. The Balaban J connectivity index is 1.75. The fourth-order valence-corrected chi connectivity index (χ4v) is 3.78. The van der Waals surface area contributed by atoms with Gasteiger partial charge in [-0.25, -0.2) is 0 Å². The van der Waals surface area contributed by atoms with Gasteiger partial charge in [-0.15, -0.1) is 0 Å². The number of carbonyl (C=O) groups excluding carboxylic acids is 2. The van der Waals surface area contributed by atoms with Crippen LogP contribution in [0, 0.1) is 26.7 Å². The average molecular weight is 377 g/mol. The van der Waals surface area contributed by atoms with E-state index >= 15 is 0 Å². The van der Waals surface area contributed by atoms with Gasteiger partial charge in [0.2, 0.25) is 5.91 Å². The summed E-state index contributed by atoms with van der Waals surface area (Å²) in [6.07, 6.45) is 2.36. The minimum atomic E-state index is 0.0887. The number of hydrogen-bond acceptors (Lipinski definition) is 3. The number of rotatable bonds is 8. The number of aromatic amines is 1. The lowest BCUT2D eigenvalue weighted by molar-refractivity contribution is -0.122. The van der Waals surface area contributed by atoms with Crippen LogP contribution in [0.15, 0.2) is 0 Å². The fraction of sp³-hybridized carbons (Fsp3) is 0.714. The molecule has 6 heteroatoms. The van der Waals surface area contributed by atoms with E-state index in [9.17, 15) is 9.59 Å². The van der Waals surface area contributed by atoms with Crippen LogP contribution in [0.3, 0.4) is 0 Å². The first kappa shape index (κ1) is 21.5. The number of amides is 2. The standard InChI is InChI=1S/C21H36N4O2/c1-6-24(7-2)13-10-22-19(26)14-18-8-11-25(12-9-18)21(27)20-16(4)15(3)17(5)23-20/h18,23H,6-14H2,1-5H3,(H,22,26). The molecule has 1 saturated heterocycles. The van der Waals surface area contributed by atoms with Crippen molar-refractivity contribution in [2.24, 2.45) is 5.92 Å². The van der Waals surface area contributed by atoms with Crippen molar-refractivity contribution >= 4 is 11.8 Å². The number of hydrogen-bond donors (Lipinski definition) is 2. The molecule has 0 atom stereocenters. The first-order chi connectivity index (χ1) is 12.9. The molecule has 6 nitrogen and oxygen atoms in total. The molecule has 0 saturated carbocycles. The first-order valence-electron chi connectivity index (χ1n) is 10.3. The van der Waals surface area contributed by atoms with Crippen molar-refractivity contribution in [3.8, 4) is 0 Å². The predicted molar refractivity (Wildman–Crippen MR) is 109 cm³/mol. The number of likely N-dealkylation sites (tertiary alicyclic amines) is 1. The Labute approximate surface area is 163 Å². The van der Waals surface area contributed by atoms with E-state index in [2.05, 4.69) is 29.0 Å². The summed E-state index contributed by atoms with van der Waals surface area (Å²) in [7, 11) is 0. The molecule has 0 aliphatic carbocycles. The lowest BCUT2D eigenvalue weighted by Gasteiger charge is -2.31. The molecule has 1 aromatic heterocycles. The maximum Gasteiger partial charge on any atom is 0.270 e. The fourth-order valence-electron chi connectivity index (χ4n) is 3.78. The topological polar surface area (TPSA) is 68.4 Å². The van der Waals surface area contributed by atoms with E-state index in [0.717, 1.165) is 68.1 Å². The predicted octanol–water partition coefficient (Wildman–Crippen LogP) is 2.64. The molecule has 1 fully saturated rings. The summed E-state index contributed by atoms with van der Waals surface area (Å²) in [6, 6.07) is 0. The molecule has 2 amide bonds. The molecule has 0 spiro atoms. The highest BCUT2D eigenvalue weighted by molar-refractivity contribution is 5.94. The molecule has 1 aliphatic rings. The molecule has 1 aromatic rings. The van der Waals surface area contributed by atoms with E-state index in [1.807, 2.05) is 25.7 Å². The Morgan fingerprint density at radius 1 is 1.11 bits per heavy atom. The molecule has 0 aromatic carbocycles. The number of likely N-dealkylation sites (N-methyl/N-ethyl adjacent to an activating group) is 1. The lowest BCUT2D eigenvalue weighted by Crippen LogP contribution is -2.40. The summed E-state index contributed by atoms with van der Waals surface area (Å²) in [6.45, 7) is 15.4. The zero-order valence-corrected chi connectivity index (χ0v) is 17.7. The van der Waals surface area contributed by atoms with Crippen molar-refractivity contribution in [3.63, 3.8) is 0 Å². The summed E-state index contributed by atoms with van der Waals surface area (Å²) in [5.74, 6) is 0.597. The third-order valence-corrected chi connectivity index (χ3v) is 6.05. The van der Waals surface area contributed by atoms with Crippen LogP contribution in [0.2, 0.25) is 0 Å². The van der Waals surface area contributed by atoms with Gasteiger partial charge in [0.15, 0.2) is 0 Å². The lowest BCUT2D eigenvalue weighted by atomic mass is 9.93.